The summed E-state index contributed by atoms with van der Waals surface area (Å²) in [6.45, 7) is 4.90. The Hall–Kier alpha value is -2.79. The topological polar surface area (TPSA) is 77.4 Å². The number of anilines is 1. The van der Waals surface area contributed by atoms with E-state index in [9.17, 15) is 0 Å². The summed E-state index contributed by atoms with van der Waals surface area (Å²) in [6, 6.07) is 9.27. The summed E-state index contributed by atoms with van der Waals surface area (Å²) in [5.41, 5.74) is 2.67. The van der Waals surface area contributed by atoms with E-state index in [0.717, 1.165) is 17.8 Å². The predicted molar refractivity (Wildman–Crippen MR) is 75.8 cm³/mol. The first-order valence-electron chi connectivity index (χ1n) is 6.41. The molecule has 20 heavy (non-hydrogen) atoms. The Labute approximate surface area is 118 Å². The van der Waals surface area contributed by atoms with Gasteiger partial charge in [0.25, 0.3) is 0 Å². The van der Waals surface area contributed by atoms with Gasteiger partial charge in [0, 0.05) is 24.0 Å². The van der Waals surface area contributed by atoms with Crippen LogP contribution in [0.4, 0.5) is 5.69 Å². The van der Waals surface area contributed by atoms with Gasteiger partial charge in [0.05, 0.1) is 23.4 Å². The lowest BCUT2D eigenvalue weighted by atomic mass is 10.1. The van der Waals surface area contributed by atoms with Gasteiger partial charge in [-0.15, -0.1) is 0 Å². The average molecular weight is 265 g/mol. The van der Waals surface area contributed by atoms with Gasteiger partial charge in [-0.25, -0.2) is 0 Å². The third-order valence-electron chi connectivity index (χ3n) is 3.12. The van der Waals surface area contributed by atoms with Crippen LogP contribution in [0.2, 0.25) is 0 Å². The lowest BCUT2D eigenvalue weighted by molar-refractivity contribution is 0.658. The number of hydrogen-bond acceptors (Lipinski definition) is 4. The van der Waals surface area contributed by atoms with E-state index in [1.807, 2.05) is 43.1 Å². The van der Waals surface area contributed by atoms with E-state index in [1.54, 1.807) is 18.2 Å². The maximum absolute atomic E-state index is 9.02. The van der Waals surface area contributed by atoms with Gasteiger partial charge in [0.2, 0.25) is 0 Å². The zero-order chi connectivity index (χ0) is 14.5. The third kappa shape index (κ3) is 2.78. The van der Waals surface area contributed by atoms with Gasteiger partial charge >= 0.3 is 0 Å². The molecule has 2 aromatic rings. The van der Waals surface area contributed by atoms with E-state index in [1.165, 1.54) is 0 Å². The molecule has 0 saturated heterocycles. The summed E-state index contributed by atoms with van der Waals surface area (Å²) < 4.78 is 1.87. The van der Waals surface area contributed by atoms with Crippen LogP contribution in [-0.2, 0) is 6.54 Å². The van der Waals surface area contributed by atoms with Crippen molar-refractivity contribution in [1.82, 2.24) is 9.78 Å². The maximum Gasteiger partial charge on any atom is 0.101 e. The molecule has 0 radical (unpaired) electrons. The average Bonchev–Trinajstić information content (AvgIpc) is 2.96. The molecule has 1 N–H and O–H groups in total. The molecule has 1 aromatic heterocycles. The smallest absolute Gasteiger partial charge is 0.101 e. The van der Waals surface area contributed by atoms with Crippen molar-refractivity contribution < 1.29 is 0 Å². The molecule has 0 aliphatic rings. The highest BCUT2D eigenvalue weighted by Gasteiger charge is 2.09. The number of rotatable bonds is 4. The second kappa shape index (κ2) is 5.90. The number of nitrogens with one attached hydrogen (secondary N) is 1. The Morgan fingerprint density at radius 2 is 2.05 bits per heavy atom. The highest BCUT2D eigenvalue weighted by molar-refractivity contribution is 5.56. The van der Waals surface area contributed by atoms with Gasteiger partial charge in [0.15, 0.2) is 0 Å². The second-order valence-corrected chi connectivity index (χ2v) is 4.48. The molecule has 1 unspecified atom stereocenters. The molecule has 0 amide bonds. The van der Waals surface area contributed by atoms with Crippen LogP contribution in [-0.4, -0.2) is 9.78 Å². The molecule has 1 aromatic carbocycles. The summed E-state index contributed by atoms with van der Waals surface area (Å²) >= 11 is 0. The summed E-state index contributed by atoms with van der Waals surface area (Å²) in [7, 11) is 0. The van der Waals surface area contributed by atoms with Crippen LogP contribution in [0.1, 0.15) is 36.6 Å². The van der Waals surface area contributed by atoms with Crippen molar-refractivity contribution in [3.8, 4) is 12.1 Å². The molecule has 0 fully saturated rings. The molecule has 1 heterocycles. The van der Waals surface area contributed by atoms with Crippen LogP contribution in [0.15, 0.2) is 30.6 Å². The van der Waals surface area contributed by atoms with Crippen LogP contribution in [0.3, 0.4) is 0 Å². The first-order valence-corrected chi connectivity index (χ1v) is 6.41. The van der Waals surface area contributed by atoms with E-state index in [2.05, 4.69) is 10.4 Å². The molecule has 0 aliphatic heterocycles. The Balaban J connectivity index is 2.18. The lowest BCUT2D eigenvalue weighted by Crippen LogP contribution is -2.06. The first kappa shape index (κ1) is 13.6. The SMILES string of the molecule is CCn1cc(C(C)Nc2ccc(C#N)c(C#N)c2)cn1. The van der Waals surface area contributed by atoms with Crippen LogP contribution >= 0.6 is 0 Å². The number of nitrogens with zero attached hydrogens (tertiary/aromatic N) is 4. The van der Waals surface area contributed by atoms with E-state index in [0.29, 0.717) is 11.1 Å². The summed E-state index contributed by atoms with van der Waals surface area (Å²) in [4.78, 5) is 0. The van der Waals surface area contributed by atoms with E-state index in [-0.39, 0.29) is 6.04 Å². The maximum atomic E-state index is 9.02. The summed E-state index contributed by atoms with van der Waals surface area (Å²) in [5.74, 6) is 0. The normalized spacial score (nSPS) is 11.4. The number of benzene rings is 1. The quantitative estimate of drug-likeness (QED) is 0.922. The molecule has 2 rings (SSSR count). The van der Waals surface area contributed by atoms with Crippen molar-refractivity contribution in [3.05, 3.63) is 47.3 Å². The highest BCUT2D eigenvalue weighted by atomic mass is 15.3. The van der Waals surface area contributed by atoms with Crippen molar-refractivity contribution in [3.63, 3.8) is 0 Å². The highest BCUT2D eigenvalue weighted by Crippen LogP contribution is 2.21. The fourth-order valence-corrected chi connectivity index (χ4v) is 1.93. The molecule has 0 bridgehead atoms. The van der Waals surface area contributed by atoms with E-state index < -0.39 is 0 Å². The Morgan fingerprint density at radius 1 is 1.30 bits per heavy atom. The molecule has 1 atom stereocenters. The Morgan fingerprint density at radius 3 is 2.65 bits per heavy atom. The zero-order valence-corrected chi connectivity index (χ0v) is 11.5. The second-order valence-electron chi connectivity index (χ2n) is 4.48. The van der Waals surface area contributed by atoms with E-state index >= 15 is 0 Å². The number of aryl methyl sites for hydroxylation is 1. The number of hydrogen-bond donors (Lipinski definition) is 1. The largest absolute Gasteiger partial charge is 0.378 e. The molecule has 5 heteroatoms. The van der Waals surface area contributed by atoms with Crippen LogP contribution in [0.5, 0.6) is 0 Å². The van der Waals surface area contributed by atoms with Crippen molar-refractivity contribution in [2.24, 2.45) is 0 Å². The molecular weight excluding hydrogens is 250 g/mol. The Bertz CT molecular complexity index is 687. The van der Waals surface area contributed by atoms with Crippen LogP contribution < -0.4 is 5.32 Å². The molecule has 5 nitrogen and oxygen atoms in total. The van der Waals surface area contributed by atoms with E-state index in [4.69, 9.17) is 10.5 Å². The van der Waals surface area contributed by atoms with Crippen LogP contribution in [0, 0.1) is 22.7 Å². The van der Waals surface area contributed by atoms with Crippen molar-refractivity contribution in [2.45, 2.75) is 26.4 Å². The van der Waals surface area contributed by atoms with Gasteiger partial charge < -0.3 is 5.32 Å². The molecular formula is C15H15N5. The minimum absolute atomic E-state index is 0.0785. The molecule has 100 valence electrons. The molecule has 0 saturated carbocycles. The fraction of sp³-hybridized carbons (Fsp3) is 0.267. The van der Waals surface area contributed by atoms with Crippen molar-refractivity contribution in [2.75, 3.05) is 5.32 Å². The first-order chi connectivity index (χ1) is 9.67. The third-order valence-corrected chi connectivity index (χ3v) is 3.12. The minimum atomic E-state index is 0.0785. The lowest BCUT2D eigenvalue weighted by Gasteiger charge is -2.14. The summed E-state index contributed by atoms with van der Waals surface area (Å²) in [5, 5.41) is 25.5. The van der Waals surface area contributed by atoms with Gasteiger partial charge in [-0.05, 0) is 32.0 Å². The number of aromatic nitrogens is 2. The predicted octanol–water partition coefficient (Wildman–Crippen LogP) is 2.82. The van der Waals surface area contributed by atoms with Gasteiger partial charge in [0.1, 0.15) is 12.1 Å². The standard InChI is InChI=1S/C15H15N5/c1-3-20-10-14(9-18-20)11(2)19-15-5-4-12(7-16)13(6-15)8-17/h4-6,9-11,19H,3H2,1-2H3. The molecule has 0 spiro atoms. The fourth-order valence-electron chi connectivity index (χ4n) is 1.93. The van der Waals surface area contributed by atoms with Gasteiger partial charge in [-0.2, -0.15) is 15.6 Å². The summed E-state index contributed by atoms with van der Waals surface area (Å²) in [6.07, 6.45) is 3.82. The zero-order valence-electron chi connectivity index (χ0n) is 11.5. The van der Waals surface area contributed by atoms with Crippen molar-refractivity contribution >= 4 is 5.69 Å². The van der Waals surface area contributed by atoms with Gasteiger partial charge in [-0.3, -0.25) is 4.68 Å². The Kier molecular flexibility index (Phi) is 4.02. The number of nitriles is 2. The minimum Gasteiger partial charge on any atom is -0.378 e. The molecule has 0 aliphatic carbocycles. The van der Waals surface area contributed by atoms with Crippen molar-refractivity contribution in [1.29, 1.82) is 10.5 Å². The van der Waals surface area contributed by atoms with Crippen LogP contribution in [0.25, 0.3) is 0 Å². The van der Waals surface area contributed by atoms with Gasteiger partial charge in [-0.1, -0.05) is 0 Å². The monoisotopic (exact) mass is 265 g/mol.